The second-order valence-electron chi connectivity index (χ2n) is 6.76. The number of fused-ring (bicyclic) bond motifs is 1. The van der Waals surface area contributed by atoms with Crippen LogP contribution in [0.3, 0.4) is 0 Å². The summed E-state index contributed by atoms with van der Waals surface area (Å²) in [4.78, 5) is 20.7. The maximum Gasteiger partial charge on any atom is 0.399 e. The number of aromatic nitrogens is 2. The number of nitrogens with one attached hydrogen (secondary N) is 1. The first kappa shape index (κ1) is 19.5. The van der Waals surface area contributed by atoms with Gasteiger partial charge in [0.25, 0.3) is 5.91 Å². The van der Waals surface area contributed by atoms with Crippen molar-refractivity contribution >= 4 is 16.8 Å². The first-order valence-corrected chi connectivity index (χ1v) is 9.15. The second kappa shape index (κ2) is 7.90. The van der Waals surface area contributed by atoms with Crippen molar-refractivity contribution in [3.8, 4) is 11.8 Å². The Bertz CT molecular complexity index is 1220. The third-order valence-corrected chi connectivity index (χ3v) is 4.65. The zero-order chi connectivity index (χ0) is 21.3. The molecule has 0 saturated carbocycles. The summed E-state index contributed by atoms with van der Waals surface area (Å²) in [5, 5.41) is 3.51. The number of carbonyl (C=O) groups is 1. The molecule has 2 aromatic heterocycles. The number of nitrogens with zero attached hydrogens (tertiary/aromatic N) is 2. The largest absolute Gasteiger partial charge is 0.416 e. The molecule has 1 amide bonds. The third-order valence-electron chi connectivity index (χ3n) is 4.65. The minimum Gasteiger partial charge on any atom is -0.416 e. The van der Waals surface area contributed by atoms with Gasteiger partial charge in [-0.2, -0.15) is 4.98 Å². The Labute approximate surface area is 170 Å². The topological polar surface area (TPSA) is 77.2 Å². The molecule has 4 aromatic rings. The lowest BCUT2D eigenvalue weighted by Crippen LogP contribution is -2.27. The lowest BCUT2D eigenvalue weighted by atomic mass is 10.1. The lowest BCUT2D eigenvalue weighted by molar-refractivity contribution is 0.0934. The number of hydrogen-bond donors (Lipinski definition) is 1. The molecule has 0 aliphatic heterocycles. The van der Waals surface area contributed by atoms with E-state index in [9.17, 15) is 13.6 Å². The minimum absolute atomic E-state index is 0.0210. The van der Waals surface area contributed by atoms with Crippen molar-refractivity contribution in [3.63, 3.8) is 0 Å². The fraction of sp³-hybridized carbons (Fsp3) is 0.136. The first-order chi connectivity index (χ1) is 14.4. The highest BCUT2D eigenvalue weighted by Crippen LogP contribution is 2.25. The molecule has 1 N–H and O–H groups in total. The average Bonchev–Trinajstić information content (AvgIpc) is 3.20. The zero-order valence-corrected chi connectivity index (χ0v) is 16.1. The van der Waals surface area contributed by atoms with Crippen LogP contribution < -0.4 is 10.1 Å². The van der Waals surface area contributed by atoms with Crippen LogP contribution in [0.5, 0.6) is 11.8 Å². The summed E-state index contributed by atoms with van der Waals surface area (Å²) < 4.78 is 38.3. The summed E-state index contributed by atoms with van der Waals surface area (Å²) in [5.74, 6) is -1.43. The highest BCUT2D eigenvalue weighted by atomic mass is 19.1. The van der Waals surface area contributed by atoms with Crippen molar-refractivity contribution in [2.45, 2.75) is 19.9 Å². The Hall–Kier alpha value is -3.81. The highest BCUT2D eigenvalue weighted by Gasteiger charge is 2.18. The Morgan fingerprint density at radius 2 is 1.93 bits per heavy atom. The smallest absolute Gasteiger partial charge is 0.399 e. The molecule has 0 bridgehead atoms. The molecular weight excluding hydrogens is 392 g/mol. The van der Waals surface area contributed by atoms with Crippen LogP contribution in [0.25, 0.3) is 10.9 Å². The van der Waals surface area contributed by atoms with E-state index in [4.69, 9.17) is 9.15 Å². The number of benzene rings is 2. The SMILES string of the molecule is Cc1c(F)cc([C@@H](C)NC(=O)c2coc(Oc3ccc4ncccc4c3)n2)cc1F. The molecule has 0 saturated heterocycles. The van der Waals surface area contributed by atoms with Crippen LogP contribution in [0.1, 0.15) is 34.6 Å². The van der Waals surface area contributed by atoms with E-state index in [0.29, 0.717) is 11.3 Å². The van der Waals surface area contributed by atoms with Gasteiger partial charge in [-0.15, -0.1) is 0 Å². The van der Waals surface area contributed by atoms with Crippen LogP contribution in [0.15, 0.2) is 59.3 Å². The molecule has 2 aromatic carbocycles. The maximum atomic E-state index is 13.8. The van der Waals surface area contributed by atoms with Crippen molar-refractivity contribution in [3.05, 3.63) is 83.4 Å². The number of rotatable bonds is 5. The number of amides is 1. The average molecular weight is 409 g/mol. The first-order valence-electron chi connectivity index (χ1n) is 9.15. The Morgan fingerprint density at radius 1 is 1.17 bits per heavy atom. The predicted molar refractivity (Wildman–Crippen MR) is 105 cm³/mol. The van der Waals surface area contributed by atoms with Crippen molar-refractivity contribution in [1.82, 2.24) is 15.3 Å². The molecule has 0 aliphatic rings. The van der Waals surface area contributed by atoms with E-state index in [-0.39, 0.29) is 17.3 Å². The van der Waals surface area contributed by atoms with Gasteiger partial charge in [-0.1, -0.05) is 6.07 Å². The summed E-state index contributed by atoms with van der Waals surface area (Å²) in [6, 6.07) is 10.7. The van der Waals surface area contributed by atoms with Gasteiger partial charge in [0.2, 0.25) is 0 Å². The fourth-order valence-electron chi connectivity index (χ4n) is 2.90. The van der Waals surface area contributed by atoms with Crippen molar-refractivity contribution in [1.29, 1.82) is 0 Å². The molecule has 8 heteroatoms. The van der Waals surface area contributed by atoms with Gasteiger partial charge < -0.3 is 14.5 Å². The van der Waals surface area contributed by atoms with Gasteiger partial charge in [-0.3, -0.25) is 9.78 Å². The molecule has 0 spiro atoms. The van der Waals surface area contributed by atoms with E-state index in [1.807, 2.05) is 12.1 Å². The summed E-state index contributed by atoms with van der Waals surface area (Å²) in [6.45, 7) is 2.96. The highest BCUT2D eigenvalue weighted by molar-refractivity contribution is 5.92. The molecule has 4 rings (SSSR count). The molecular formula is C22H17F2N3O3. The Kier molecular flexibility index (Phi) is 5.14. The van der Waals surface area contributed by atoms with E-state index in [1.54, 1.807) is 31.3 Å². The molecule has 30 heavy (non-hydrogen) atoms. The summed E-state index contributed by atoms with van der Waals surface area (Å²) >= 11 is 0. The van der Waals surface area contributed by atoms with Crippen LogP contribution in [-0.2, 0) is 0 Å². The van der Waals surface area contributed by atoms with E-state index < -0.39 is 23.6 Å². The summed E-state index contributed by atoms with van der Waals surface area (Å²) in [6.07, 6.45) is 2.74. The van der Waals surface area contributed by atoms with E-state index in [2.05, 4.69) is 15.3 Å². The number of ether oxygens (including phenoxy) is 1. The quantitative estimate of drug-likeness (QED) is 0.497. The van der Waals surface area contributed by atoms with E-state index in [0.717, 1.165) is 17.2 Å². The summed E-state index contributed by atoms with van der Waals surface area (Å²) in [5.41, 5.74) is 1.02. The summed E-state index contributed by atoms with van der Waals surface area (Å²) in [7, 11) is 0. The Morgan fingerprint density at radius 3 is 2.70 bits per heavy atom. The second-order valence-corrected chi connectivity index (χ2v) is 6.76. The normalized spacial score (nSPS) is 12.0. The van der Waals surface area contributed by atoms with E-state index >= 15 is 0 Å². The van der Waals surface area contributed by atoms with Crippen LogP contribution in [-0.4, -0.2) is 15.9 Å². The van der Waals surface area contributed by atoms with Gasteiger partial charge in [-0.05, 0) is 55.8 Å². The molecule has 0 radical (unpaired) electrons. The van der Waals surface area contributed by atoms with Crippen LogP contribution in [0.2, 0.25) is 0 Å². The minimum atomic E-state index is -0.672. The standard InChI is InChI=1S/C22H17F2N3O3/c1-12-17(23)9-15(10-18(12)24)13(2)26-21(28)20-11-29-22(27-20)30-16-5-6-19-14(8-16)4-3-7-25-19/h3-11,13H,1-2H3,(H,26,28)/t13-/m1/s1. The molecule has 1 atom stereocenters. The molecule has 6 nitrogen and oxygen atoms in total. The third kappa shape index (κ3) is 3.98. The van der Waals surface area contributed by atoms with Crippen molar-refractivity contribution in [2.75, 3.05) is 0 Å². The Balaban J connectivity index is 1.45. The number of oxazole rings is 1. The zero-order valence-electron chi connectivity index (χ0n) is 16.1. The van der Waals surface area contributed by atoms with Gasteiger partial charge >= 0.3 is 6.08 Å². The van der Waals surface area contributed by atoms with Gasteiger partial charge in [-0.25, -0.2) is 8.78 Å². The van der Waals surface area contributed by atoms with Crippen molar-refractivity contribution in [2.24, 2.45) is 0 Å². The molecule has 0 fully saturated rings. The molecule has 0 unspecified atom stereocenters. The van der Waals surface area contributed by atoms with Gasteiger partial charge in [0.05, 0.1) is 11.6 Å². The van der Waals surface area contributed by atoms with Gasteiger partial charge in [0, 0.05) is 17.1 Å². The van der Waals surface area contributed by atoms with E-state index in [1.165, 1.54) is 19.1 Å². The predicted octanol–water partition coefficient (Wildman–Crippen LogP) is 5.09. The van der Waals surface area contributed by atoms with Crippen LogP contribution in [0.4, 0.5) is 8.78 Å². The fourth-order valence-corrected chi connectivity index (χ4v) is 2.90. The lowest BCUT2D eigenvalue weighted by Gasteiger charge is -2.14. The number of halogens is 2. The number of hydrogen-bond acceptors (Lipinski definition) is 5. The monoisotopic (exact) mass is 409 g/mol. The van der Waals surface area contributed by atoms with Gasteiger partial charge in [0.1, 0.15) is 23.6 Å². The number of pyridine rings is 1. The number of carbonyl (C=O) groups excluding carboxylic acids is 1. The molecule has 152 valence electrons. The molecule has 2 heterocycles. The van der Waals surface area contributed by atoms with Gasteiger partial charge in [0.15, 0.2) is 5.69 Å². The van der Waals surface area contributed by atoms with Crippen LogP contribution in [0, 0.1) is 18.6 Å². The molecule has 0 aliphatic carbocycles. The van der Waals surface area contributed by atoms with Crippen molar-refractivity contribution < 1.29 is 22.7 Å². The maximum absolute atomic E-state index is 13.8. The van der Waals surface area contributed by atoms with Crippen LogP contribution >= 0.6 is 0 Å².